The van der Waals surface area contributed by atoms with Crippen LogP contribution in [0, 0.1) is 16.7 Å². The highest BCUT2D eigenvalue weighted by Crippen LogP contribution is 2.66. The van der Waals surface area contributed by atoms with E-state index in [1.165, 1.54) is 12.8 Å². The van der Waals surface area contributed by atoms with Crippen LogP contribution in [0.2, 0.25) is 0 Å². The van der Waals surface area contributed by atoms with E-state index in [4.69, 9.17) is 4.74 Å². The number of carbonyl (C=O) groups excluding carboxylic acids is 1. The third-order valence-electron chi connectivity index (χ3n) is 5.79. The Morgan fingerprint density at radius 3 is 2.61 bits per heavy atom. The molecule has 2 saturated carbocycles. The van der Waals surface area contributed by atoms with Gasteiger partial charge in [0, 0.05) is 5.41 Å². The van der Waals surface area contributed by atoms with Gasteiger partial charge in [-0.05, 0) is 37.0 Å². The van der Waals surface area contributed by atoms with Crippen LogP contribution in [0.3, 0.4) is 0 Å². The van der Waals surface area contributed by atoms with E-state index in [9.17, 15) is 4.79 Å². The summed E-state index contributed by atoms with van der Waals surface area (Å²) in [5, 5.41) is 2.04. The molecule has 2 rings (SSSR count). The van der Waals surface area contributed by atoms with Gasteiger partial charge in [0.15, 0.2) is 6.54 Å². The quantitative estimate of drug-likeness (QED) is 0.599. The van der Waals surface area contributed by atoms with E-state index in [2.05, 4.69) is 27.7 Å². The lowest BCUT2D eigenvalue weighted by atomic mass is 9.70. The second-order valence-corrected chi connectivity index (χ2v) is 6.87. The molecule has 3 atom stereocenters. The normalized spacial score (nSPS) is 36.9. The molecule has 2 N–H and O–H groups in total. The van der Waals surface area contributed by atoms with Crippen molar-refractivity contribution in [2.75, 3.05) is 13.1 Å². The number of rotatable bonds is 5. The van der Waals surface area contributed by atoms with Gasteiger partial charge in [0.05, 0.1) is 6.54 Å². The van der Waals surface area contributed by atoms with Gasteiger partial charge < -0.3 is 10.1 Å². The van der Waals surface area contributed by atoms with Gasteiger partial charge in [0.2, 0.25) is 0 Å². The molecule has 0 unspecified atom stereocenters. The maximum Gasteiger partial charge on any atom is 0.361 e. The second-order valence-electron chi connectivity index (χ2n) is 6.87. The van der Waals surface area contributed by atoms with Gasteiger partial charge in [0.1, 0.15) is 6.10 Å². The van der Waals surface area contributed by atoms with Crippen LogP contribution < -0.4 is 5.32 Å². The third kappa shape index (κ3) is 2.07. The predicted molar refractivity (Wildman–Crippen MR) is 71.1 cm³/mol. The summed E-state index contributed by atoms with van der Waals surface area (Å²) in [6.45, 7) is 10.6. The van der Waals surface area contributed by atoms with Crippen LogP contribution >= 0.6 is 0 Å². The molecule has 2 aliphatic carbocycles. The molecule has 0 amide bonds. The lowest BCUT2D eigenvalue weighted by molar-refractivity contribution is -0.645. The Morgan fingerprint density at radius 2 is 2.11 bits per heavy atom. The maximum absolute atomic E-state index is 11.8. The molecule has 3 nitrogen and oxygen atoms in total. The van der Waals surface area contributed by atoms with Gasteiger partial charge in [-0.3, -0.25) is 0 Å². The van der Waals surface area contributed by atoms with Crippen molar-refractivity contribution in [1.82, 2.24) is 0 Å². The zero-order chi connectivity index (χ0) is 13.4. The number of quaternary nitrogens is 1. The minimum absolute atomic E-state index is 0.0296. The van der Waals surface area contributed by atoms with Crippen molar-refractivity contribution in [2.45, 2.75) is 59.5 Å². The van der Waals surface area contributed by atoms with Crippen LogP contribution in [-0.4, -0.2) is 25.2 Å². The van der Waals surface area contributed by atoms with Gasteiger partial charge in [-0.1, -0.05) is 27.7 Å². The Bertz CT molecular complexity index is 326. The molecule has 104 valence electrons. The van der Waals surface area contributed by atoms with Gasteiger partial charge in [-0.25, -0.2) is 4.79 Å². The Kier molecular flexibility index (Phi) is 3.72. The lowest BCUT2D eigenvalue weighted by Gasteiger charge is -2.38. The number of hydrogen-bond acceptors (Lipinski definition) is 2. The number of esters is 1. The highest BCUT2D eigenvalue weighted by molar-refractivity contribution is 5.70. The van der Waals surface area contributed by atoms with E-state index >= 15 is 0 Å². The summed E-state index contributed by atoms with van der Waals surface area (Å²) >= 11 is 0. The van der Waals surface area contributed by atoms with Crippen molar-refractivity contribution in [3.63, 3.8) is 0 Å². The van der Waals surface area contributed by atoms with Crippen molar-refractivity contribution in [3.8, 4) is 0 Å². The van der Waals surface area contributed by atoms with Crippen molar-refractivity contribution in [1.29, 1.82) is 0 Å². The lowest BCUT2D eigenvalue weighted by Crippen LogP contribution is -2.86. The molecule has 2 fully saturated rings. The predicted octanol–water partition coefficient (Wildman–Crippen LogP) is 1.72. The molecule has 2 bridgehead atoms. The van der Waals surface area contributed by atoms with E-state index in [1.807, 2.05) is 5.32 Å². The van der Waals surface area contributed by atoms with Crippen LogP contribution in [0.15, 0.2) is 0 Å². The van der Waals surface area contributed by atoms with Gasteiger partial charge in [-0.2, -0.15) is 0 Å². The van der Waals surface area contributed by atoms with E-state index in [1.54, 1.807) is 0 Å². The van der Waals surface area contributed by atoms with Crippen molar-refractivity contribution >= 4 is 5.97 Å². The van der Waals surface area contributed by atoms with Crippen LogP contribution in [0.1, 0.15) is 53.4 Å². The van der Waals surface area contributed by atoms with Crippen molar-refractivity contribution in [2.24, 2.45) is 16.7 Å². The van der Waals surface area contributed by atoms with Crippen LogP contribution in [0.4, 0.5) is 0 Å². The SMILES string of the molecule is CCC[NH2+]CC(=O)O[C@H]1C[C@H]2CC[C@]1(C)C2(C)C. The van der Waals surface area contributed by atoms with E-state index < -0.39 is 0 Å². The molecular formula is C15H28NO2+. The molecule has 0 aromatic rings. The number of fused-ring (bicyclic) bond motifs is 2. The van der Waals surface area contributed by atoms with Crippen LogP contribution in [0.5, 0.6) is 0 Å². The fourth-order valence-corrected chi connectivity index (χ4v) is 3.94. The highest BCUT2D eigenvalue weighted by atomic mass is 16.5. The third-order valence-corrected chi connectivity index (χ3v) is 5.79. The molecule has 0 aliphatic heterocycles. The molecule has 2 aliphatic rings. The average Bonchev–Trinajstić information content (AvgIpc) is 2.62. The Hall–Kier alpha value is -0.570. The fourth-order valence-electron chi connectivity index (χ4n) is 3.94. The molecule has 0 radical (unpaired) electrons. The molecule has 0 aromatic heterocycles. The maximum atomic E-state index is 11.8. The number of carbonyl (C=O) groups is 1. The average molecular weight is 254 g/mol. The van der Waals surface area contributed by atoms with Crippen LogP contribution in [0.25, 0.3) is 0 Å². The first-order chi connectivity index (χ1) is 8.41. The summed E-state index contributed by atoms with van der Waals surface area (Å²) in [5.74, 6) is 0.706. The molecule has 0 saturated heterocycles. The largest absolute Gasteiger partial charge is 0.458 e. The Morgan fingerprint density at radius 1 is 1.39 bits per heavy atom. The number of hydrogen-bond donors (Lipinski definition) is 1. The summed E-state index contributed by atoms with van der Waals surface area (Å²) in [4.78, 5) is 11.8. The summed E-state index contributed by atoms with van der Waals surface area (Å²) in [6.07, 6.45) is 4.83. The minimum atomic E-state index is -0.0296. The molecule has 18 heavy (non-hydrogen) atoms. The highest BCUT2D eigenvalue weighted by Gasteiger charge is 2.62. The van der Waals surface area contributed by atoms with Gasteiger partial charge in [0.25, 0.3) is 0 Å². The second kappa shape index (κ2) is 4.84. The topological polar surface area (TPSA) is 42.9 Å². The fraction of sp³-hybridized carbons (Fsp3) is 0.933. The van der Waals surface area contributed by atoms with Crippen LogP contribution in [-0.2, 0) is 9.53 Å². The smallest absolute Gasteiger partial charge is 0.361 e. The molecule has 3 heteroatoms. The first kappa shape index (κ1) is 13.9. The first-order valence-electron chi connectivity index (χ1n) is 7.43. The summed E-state index contributed by atoms with van der Waals surface area (Å²) in [6, 6.07) is 0. The summed E-state index contributed by atoms with van der Waals surface area (Å²) in [7, 11) is 0. The summed E-state index contributed by atoms with van der Waals surface area (Å²) in [5.41, 5.74) is 0.517. The number of ether oxygens (including phenoxy) is 1. The minimum Gasteiger partial charge on any atom is -0.458 e. The summed E-state index contributed by atoms with van der Waals surface area (Å²) < 4.78 is 5.76. The van der Waals surface area contributed by atoms with Gasteiger partial charge in [-0.15, -0.1) is 0 Å². The van der Waals surface area contributed by atoms with E-state index in [0.717, 1.165) is 25.3 Å². The van der Waals surface area contributed by atoms with Crippen molar-refractivity contribution in [3.05, 3.63) is 0 Å². The van der Waals surface area contributed by atoms with Gasteiger partial charge >= 0.3 is 5.97 Å². The molecule has 0 aromatic carbocycles. The van der Waals surface area contributed by atoms with Crippen molar-refractivity contribution < 1.29 is 14.8 Å². The van der Waals surface area contributed by atoms with E-state index in [-0.39, 0.29) is 17.5 Å². The zero-order valence-electron chi connectivity index (χ0n) is 12.3. The standard InChI is InChI=1S/C15H27NO2/c1-5-8-16-10-13(17)18-12-9-11-6-7-15(12,4)14(11,2)3/h11-12,16H,5-10H2,1-4H3/p+1/t11-,12+,15+/m1/s1. The zero-order valence-corrected chi connectivity index (χ0v) is 12.3. The monoisotopic (exact) mass is 254 g/mol. The Labute approximate surface area is 111 Å². The first-order valence-corrected chi connectivity index (χ1v) is 7.43. The molecular weight excluding hydrogens is 226 g/mol. The van der Waals surface area contributed by atoms with E-state index in [0.29, 0.717) is 12.0 Å². The molecule has 0 heterocycles. The molecule has 0 spiro atoms. The Balaban J connectivity index is 1.90. The number of nitrogens with two attached hydrogens (primary N) is 1.